The number of ether oxygens (including phenoxy) is 1. The molecule has 1 aromatic heterocycles. The quantitative estimate of drug-likeness (QED) is 0.354. The number of carbonyl (C=O) groups excluding carboxylic acids is 1. The van der Waals surface area contributed by atoms with Crippen LogP contribution >= 0.6 is 0 Å². The third-order valence-electron chi connectivity index (χ3n) is 4.55. The van der Waals surface area contributed by atoms with Crippen molar-refractivity contribution in [2.45, 2.75) is 12.6 Å². The van der Waals surface area contributed by atoms with Gasteiger partial charge in [0.05, 0.1) is 12.9 Å². The number of hydrogen-bond acceptors (Lipinski definition) is 3. The topological polar surface area (TPSA) is 44.1 Å². The number of benzene rings is 3. The fourth-order valence-electron chi connectivity index (χ4n) is 3.11. The van der Waals surface area contributed by atoms with Gasteiger partial charge in [-0.3, -0.25) is 0 Å². The van der Waals surface area contributed by atoms with E-state index in [9.17, 15) is 4.79 Å². The van der Waals surface area contributed by atoms with Gasteiger partial charge in [-0.15, -0.1) is 0 Å². The fourth-order valence-corrected chi connectivity index (χ4v) is 3.11. The molecule has 0 saturated carbocycles. The van der Waals surface area contributed by atoms with Crippen LogP contribution in [0.3, 0.4) is 0 Å². The highest BCUT2D eigenvalue weighted by atomic mass is 16.5. The van der Waals surface area contributed by atoms with Crippen molar-refractivity contribution in [2.75, 3.05) is 0 Å². The zero-order valence-electron chi connectivity index (χ0n) is 15.3. The first-order valence-corrected chi connectivity index (χ1v) is 9.16. The summed E-state index contributed by atoms with van der Waals surface area (Å²) in [5, 5.41) is 2.27. The van der Waals surface area contributed by atoms with Crippen molar-refractivity contribution in [3.8, 4) is 0 Å². The van der Waals surface area contributed by atoms with Crippen LogP contribution in [0.15, 0.2) is 97.6 Å². The van der Waals surface area contributed by atoms with Crippen LogP contribution in [0.2, 0.25) is 0 Å². The smallest absolute Gasteiger partial charge is 0.331 e. The van der Waals surface area contributed by atoms with Gasteiger partial charge in [0.25, 0.3) is 0 Å². The minimum Gasteiger partial charge on any atom is -0.452 e. The molecule has 0 saturated heterocycles. The Labute approximate surface area is 163 Å². The first-order chi connectivity index (χ1) is 13.8. The predicted octanol–water partition coefficient (Wildman–Crippen LogP) is 5.03. The third-order valence-corrected chi connectivity index (χ3v) is 4.55. The number of rotatable bonds is 6. The van der Waals surface area contributed by atoms with E-state index >= 15 is 0 Å². The van der Waals surface area contributed by atoms with E-state index in [0.717, 1.165) is 21.9 Å². The number of esters is 1. The Morgan fingerprint density at radius 1 is 1.00 bits per heavy atom. The van der Waals surface area contributed by atoms with Crippen LogP contribution in [0.4, 0.5) is 0 Å². The Bertz CT molecular complexity index is 1090. The van der Waals surface area contributed by atoms with Gasteiger partial charge < -0.3 is 9.30 Å². The van der Waals surface area contributed by atoms with Crippen LogP contribution in [0.25, 0.3) is 16.8 Å². The maximum atomic E-state index is 12.5. The minimum atomic E-state index is -0.410. The maximum Gasteiger partial charge on any atom is 0.331 e. The van der Waals surface area contributed by atoms with Gasteiger partial charge in [0.15, 0.2) is 0 Å². The minimum absolute atomic E-state index is 0.373. The van der Waals surface area contributed by atoms with Crippen LogP contribution < -0.4 is 0 Å². The molecule has 0 aliphatic heterocycles. The molecule has 0 fully saturated rings. The summed E-state index contributed by atoms with van der Waals surface area (Å²) in [6, 6.07) is 24.0. The van der Waals surface area contributed by atoms with Crippen LogP contribution in [-0.4, -0.2) is 15.5 Å². The molecule has 4 rings (SSSR count). The van der Waals surface area contributed by atoms with Gasteiger partial charge in [0, 0.05) is 18.5 Å². The molecule has 28 heavy (non-hydrogen) atoms. The summed E-state index contributed by atoms with van der Waals surface area (Å²) < 4.78 is 7.72. The molecular formula is C24H20N2O2. The van der Waals surface area contributed by atoms with Crippen LogP contribution in [0, 0.1) is 0 Å². The SMILES string of the molecule is O=C(/C=C\c1ccccc1)OC(Cn1ccnc1)c1ccc2ccccc2c1. The molecule has 0 N–H and O–H groups in total. The molecule has 4 nitrogen and oxygen atoms in total. The van der Waals surface area contributed by atoms with Crippen molar-refractivity contribution in [3.63, 3.8) is 0 Å². The van der Waals surface area contributed by atoms with Gasteiger partial charge in [-0.1, -0.05) is 66.7 Å². The van der Waals surface area contributed by atoms with Crippen molar-refractivity contribution in [1.82, 2.24) is 9.55 Å². The van der Waals surface area contributed by atoms with E-state index < -0.39 is 6.10 Å². The van der Waals surface area contributed by atoms with Gasteiger partial charge in [0.1, 0.15) is 6.10 Å². The Morgan fingerprint density at radius 2 is 1.79 bits per heavy atom. The average Bonchev–Trinajstić information content (AvgIpc) is 3.25. The number of carbonyl (C=O) groups is 1. The number of fused-ring (bicyclic) bond motifs is 1. The molecule has 138 valence electrons. The number of hydrogen-bond donors (Lipinski definition) is 0. The second-order valence-electron chi connectivity index (χ2n) is 6.54. The summed E-state index contributed by atoms with van der Waals surface area (Å²) in [6.07, 6.45) is 8.12. The molecule has 0 aliphatic rings. The number of nitrogens with zero attached hydrogens (tertiary/aromatic N) is 2. The van der Waals surface area contributed by atoms with Crippen LogP contribution in [-0.2, 0) is 16.1 Å². The van der Waals surface area contributed by atoms with E-state index in [2.05, 4.69) is 29.2 Å². The van der Waals surface area contributed by atoms with Gasteiger partial charge in [0.2, 0.25) is 0 Å². The normalized spacial score (nSPS) is 12.3. The molecule has 3 aromatic carbocycles. The first kappa shape index (κ1) is 17.7. The van der Waals surface area contributed by atoms with E-state index in [0.29, 0.717) is 6.54 Å². The lowest BCUT2D eigenvalue weighted by Crippen LogP contribution is -2.15. The molecule has 1 unspecified atom stereocenters. The van der Waals surface area contributed by atoms with E-state index in [-0.39, 0.29) is 5.97 Å². The monoisotopic (exact) mass is 368 g/mol. The highest BCUT2D eigenvalue weighted by Gasteiger charge is 2.17. The molecule has 1 heterocycles. The second kappa shape index (κ2) is 8.35. The molecule has 1 atom stereocenters. The standard InChI is InChI=1S/C24H20N2O2/c27-24(13-10-19-6-2-1-3-7-19)28-23(17-26-15-14-25-18-26)22-12-11-20-8-4-5-9-21(20)16-22/h1-16,18,23H,17H2/b13-10-. The Kier molecular flexibility index (Phi) is 5.29. The molecule has 4 heteroatoms. The van der Waals surface area contributed by atoms with E-state index in [1.54, 1.807) is 18.6 Å². The second-order valence-corrected chi connectivity index (χ2v) is 6.54. The Balaban J connectivity index is 1.57. The lowest BCUT2D eigenvalue weighted by atomic mass is 10.0. The van der Waals surface area contributed by atoms with E-state index in [1.807, 2.05) is 59.3 Å². The van der Waals surface area contributed by atoms with Gasteiger partial charge in [-0.05, 0) is 34.0 Å². The predicted molar refractivity (Wildman–Crippen MR) is 110 cm³/mol. The molecule has 0 radical (unpaired) electrons. The summed E-state index contributed by atoms with van der Waals surface area (Å²) >= 11 is 0. The summed E-state index contributed by atoms with van der Waals surface area (Å²) in [7, 11) is 0. The first-order valence-electron chi connectivity index (χ1n) is 9.16. The van der Waals surface area contributed by atoms with Crippen molar-refractivity contribution in [2.24, 2.45) is 0 Å². The van der Waals surface area contributed by atoms with Gasteiger partial charge >= 0.3 is 5.97 Å². The average molecular weight is 368 g/mol. The summed E-state index contributed by atoms with van der Waals surface area (Å²) in [5.41, 5.74) is 1.91. The lowest BCUT2D eigenvalue weighted by Gasteiger charge is -2.18. The molecule has 0 spiro atoms. The Morgan fingerprint density at radius 3 is 2.57 bits per heavy atom. The van der Waals surface area contributed by atoms with Gasteiger partial charge in [-0.25, -0.2) is 9.78 Å². The largest absolute Gasteiger partial charge is 0.452 e. The van der Waals surface area contributed by atoms with E-state index in [4.69, 9.17) is 4.74 Å². The number of imidazole rings is 1. The molecule has 0 aliphatic carbocycles. The van der Waals surface area contributed by atoms with E-state index in [1.165, 1.54) is 6.08 Å². The summed E-state index contributed by atoms with van der Waals surface area (Å²) in [5.74, 6) is -0.373. The third kappa shape index (κ3) is 4.35. The van der Waals surface area contributed by atoms with Crippen LogP contribution in [0.5, 0.6) is 0 Å². The molecule has 0 amide bonds. The highest BCUT2D eigenvalue weighted by molar-refractivity contribution is 5.87. The highest BCUT2D eigenvalue weighted by Crippen LogP contribution is 2.25. The summed E-state index contributed by atoms with van der Waals surface area (Å²) in [4.78, 5) is 16.5. The Hall–Kier alpha value is -3.66. The summed E-state index contributed by atoms with van der Waals surface area (Å²) in [6.45, 7) is 0.503. The van der Waals surface area contributed by atoms with Gasteiger partial charge in [-0.2, -0.15) is 0 Å². The lowest BCUT2D eigenvalue weighted by molar-refractivity contribution is -0.144. The van der Waals surface area contributed by atoms with Crippen molar-refractivity contribution < 1.29 is 9.53 Å². The maximum absolute atomic E-state index is 12.5. The zero-order valence-corrected chi connectivity index (χ0v) is 15.3. The molecular weight excluding hydrogens is 348 g/mol. The molecule has 0 bridgehead atoms. The molecule has 4 aromatic rings. The zero-order chi connectivity index (χ0) is 19.2. The number of aromatic nitrogens is 2. The fraction of sp³-hybridized carbons (Fsp3) is 0.0833. The van der Waals surface area contributed by atoms with Crippen molar-refractivity contribution >= 4 is 22.8 Å². The van der Waals surface area contributed by atoms with Crippen molar-refractivity contribution in [3.05, 3.63) is 109 Å². The van der Waals surface area contributed by atoms with Crippen molar-refractivity contribution in [1.29, 1.82) is 0 Å². The van der Waals surface area contributed by atoms with Crippen LogP contribution in [0.1, 0.15) is 17.2 Å².